The summed E-state index contributed by atoms with van der Waals surface area (Å²) in [5, 5.41) is 38.9. The Kier molecular flexibility index (Phi) is 8.47. The van der Waals surface area contributed by atoms with Crippen LogP contribution in [0.3, 0.4) is 0 Å². The van der Waals surface area contributed by atoms with Crippen LogP contribution >= 0.6 is 0 Å². The predicted octanol–water partition coefficient (Wildman–Crippen LogP) is 1.53. The number of hydroxylamine groups is 1. The number of nitro groups is 1. The topological polar surface area (TPSA) is 159 Å². The van der Waals surface area contributed by atoms with Gasteiger partial charge in [-0.25, -0.2) is 4.57 Å². The van der Waals surface area contributed by atoms with Gasteiger partial charge in [0.2, 0.25) is 0 Å². The van der Waals surface area contributed by atoms with Crippen molar-refractivity contribution in [1.82, 2.24) is 20.3 Å². The lowest BCUT2D eigenvalue weighted by Crippen LogP contribution is -2.50. The van der Waals surface area contributed by atoms with Crippen molar-refractivity contribution in [3.05, 3.63) is 22.5 Å². The molecule has 4 N–H and O–H groups in total. The quantitative estimate of drug-likeness (QED) is 0.135. The molecule has 0 aliphatic carbocycles. The molecule has 0 saturated carbocycles. The van der Waals surface area contributed by atoms with Crippen molar-refractivity contribution < 1.29 is 20.2 Å². The van der Waals surface area contributed by atoms with Crippen LogP contribution in [0, 0.1) is 10.1 Å². The normalized spacial score (nSPS) is 13.8. The van der Waals surface area contributed by atoms with Gasteiger partial charge in [-0.1, -0.05) is 15.3 Å². The van der Waals surface area contributed by atoms with Crippen LogP contribution in [0.15, 0.2) is 22.7 Å². The molecule has 1 heterocycles. The zero-order chi connectivity index (χ0) is 21.4. The molecule has 0 aromatic carbocycles. The maximum Gasteiger partial charge on any atom is 0.434 e. The van der Waals surface area contributed by atoms with Crippen LogP contribution in [0.25, 0.3) is 0 Å². The van der Waals surface area contributed by atoms with Crippen LogP contribution < -0.4 is 10.8 Å². The zero-order valence-corrected chi connectivity index (χ0v) is 16.8. The first-order valence-electron chi connectivity index (χ1n) is 8.75. The Labute approximate surface area is 163 Å². The van der Waals surface area contributed by atoms with Crippen LogP contribution in [0.1, 0.15) is 41.0 Å². The molecule has 12 nitrogen and oxygen atoms in total. The van der Waals surface area contributed by atoms with E-state index in [2.05, 4.69) is 26.1 Å². The van der Waals surface area contributed by atoms with E-state index in [9.17, 15) is 15.3 Å². The molecule has 0 bridgehead atoms. The lowest BCUT2D eigenvalue weighted by Gasteiger charge is -2.28. The molecule has 0 fully saturated rings. The number of hydrogen-bond acceptors (Lipinski definition) is 10. The number of oxime groups is 2. The number of imidazole rings is 1. The third-order valence-electron chi connectivity index (χ3n) is 4.44. The van der Waals surface area contributed by atoms with Gasteiger partial charge in [0.1, 0.15) is 12.4 Å². The van der Waals surface area contributed by atoms with E-state index < -0.39 is 16.0 Å². The monoisotopic (exact) mass is 399 g/mol. The van der Waals surface area contributed by atoms with Gasteiger partial charge >= 0.3 is 5.95 Å². The molecule has 12 heteroatoms. The molecular formula is C16H29N7O5. The number of nitrogens with one attached hydrogen (secondary N) is 2. The summed E-state index contributed by atoms with van der Waals surface area (Å²) in [5.74, 6) is -0.258. The minimum Gasteiger partial charge on any atom is -0.411 e. The molecule has 0 aliphatic heterocycles. The number of aryl methyl sites for hydroxylation is 1. The van der Waals surface area contributed by atoms with Crippen LogP contribution in [0.2, 0.25) is 0 Å². The van der Waals surface area contributed by atoms with Crippen molar-refractivity contribution in [2.45, 2.75) is 58.7 Å². The predicted molar refractivity (Wildman–Crippen MR) is 103 cm³/mol. The zero-order valence-electron chi connectivity index (χ0n) is 16.8. The molecule has 0 radical (unpaired) electrons. The summed E-state index contributed by atoms with van der Waals surface area (Å²) in [4.78, 5) is 19.4. The van der Waals surface area contributed by atoms with Crippen LogP contribution in [-0.2, 0) is 11.4 Å². The van der Waals surface area contributed by atoms with Crippen molar-refractivity contribution in [2.75, 3.05) is 13.2 Å². The van der Waals surface area contributed by atoms with Gasteiger partial charge in [-0.3, -0.25) is 4.84 Å². The molecule has 0 unspecified atom stereocenters. The van der Waals surface area contributed by atoms with Crippen LogP contribution in [-0.4, -0.2) is 60.5 Å². The summed E-state index contributed by atoms with van der Waals surface area (Å²) in [5.41, 5.74) is 2.44. The minimum atomic E-state index is -0.661. The standard InChI is InChI=1S/C16H29N7O5/c1-12(19-24)15(2,3)21-28-11-8-18-16(4,5)13(20-25)6-9-22-10-7-17-14(22)23(26)27/h7,10,18,21,24-25H,6,8-9,11H2,1-5H3. The van der Waals surface area contributed by atoms with Gasteiger partial charge in [0.15, 0.2) is 0 Å². The van der Waals surface area contributed by atoms with E-state index in [1.54, 1.807) is 6.92 Å². The molecular weight excluding hydrogens is 370 g/mol. The second-order valence-corrected chi connectivity index (χ2v) is 7.29. The molecule has 28 heavy (non-hydrogen) atoms. The number of nitrogens with zero attached hydrogens (tertiary/aromatic N) is 5. The van der Waals surface area contributed by atoms with Gasteiger partial charge in [-0.15, -0.1) is 0 Å². The molecule has 0 spiro atoms. The number of hydrogen-bond donors (Lipinski definition) is 4. The molecule has 0 atom stereocenters. The lowest BCUT2D eigenvalue weighted by atomic mass is 9.95. The van der Waals surface area contributed by atoms with E-state index in [-0.39, 0.29) is 12.5 Å². The Balaban J connectivity index is 2.51. The van der Waals surface area contributed by atoms with Gasteiger partial charge in [0.05, 0.1) is 35.7 Å². The Morgan fingerprint density at radius 1 is 1.32 bits per heavy atom. The first-order valence-corrected chi connectivity index (χ1v) is 8.75. The second kappa shape index (κ2) is 10.1. The smallest absolute Gasteiger partial charge is 0.411 e. The highest BCUT2D eigenvalue weighted by Crippen LogP contribution is 2.13. The Morgan fingerprint density at radius 3 is 2.57 bits per heavy atom. The van der Waals surface area contributed by atoms with E-state index >= 15 is 0 Å². The maximum atomic E-state index is 10.9. The van der Waals surface area contributed by atoms with Gasteiger partial charge < -0.3 is 25.8 Å². The van der Waals surface area contributed by atoms with E-state index in [0.717, 1.165) is 0 Å². The first-order chi connectivity index (χ1) is 13.0. The largest absolute Gasteiger partial charge is 0.434 e. The molecule has 0 saturated heterocycles. The van der Waals surface area contributed by atoms with Crippen LogP contribution in [0.4, 0.5) is 5.95 Å². The molecule has 1 aromatic rings. The SMILES string of the molecule is CC(=NO)C(C)(C)NOCCNC(C)(C)C(CCn1ccnc1[N+](=O)[O-])=NO. The highest BCUT2D eigenvalue weighted by Gasteiger charge is 2.27. The number of aromatic nitrogens is 2. The highest BCUT2D eigenvalue weighted by molar-refractivity contribution is 5.92. The van der Waals surface area contributed by atoms with Gasteiger partial charge in [-0.05, 0) is 39.5 Å². The third kappa shape index (κ3) is 6.55. The van der Waals surface area contributed by atoms with E-state index in [1.165, 1.54) is 17.0 Å². The average molecular weight is 399 g/mol. The van der Waals surface area contributed by atoms with E-state index in [4.69, 9.17) is 10.0 Å². The molecule has 0 aliphatic rings. The highest BCUT2D eigenvalue weighted by atomic mass is 16.6. The van der Waals surface area contributed by atoms with Crippen LogP contribution in [0.5, 0.6) is 0 Å². The van der Waals surface area contributed by atoms with Crippen molar-refractivity contribution >= 4 is 17.4 Å². The Hall–Kier alpha value is -2.57. The summed E-state index contributed by atoms with van der Waals surface area (Å²) in [6, 6.07) is 0. The summed E-state index contributed by atoms with van der Waals surface area (Å²) >= 11 is 0. The first kappa shape index (κ1) is 23.5. The Bertz CT molecular complexity index is 712. The fourth-order valence-corrected chi connectivity index (χ4v) is 2.31. The molecule has 0 amide bonds. The Morgan fingerprint density at radius 2 is 2.00 bits per heavy atom. The summed E-state index contributed by atoms with van der Waals surface area (Å²) in [6.07, 6.45) is 3.16. The van der Waals surface area contributed by atoms with Gasteiger partial charge in [0.25, 0.3) is 0 Å². The molecule has 158 valence electrons. The minimum absolute atomic E-state index is 0.257. The van der Waals surface area contributed by atoms with E-state index in [0.29, 0.717) is 31.0 Å². The maximum absolute atomic E-state index is 10.9. The van der Waals surface area contributed by atoms with Crippen molar-refractivity contribution in [2.24, 2.45) is 10.3 Å². The van der Waals surface area contributed by atoms with Crippen molar-refractivity contribution in [3.8, 4) is 0 Å². The fourth-order valence-electron chi connectivity index (χ4n) is 2.31. The summed E-state index contributed by atoms with van der Waals surface area (Å²) in [7, 11) is 0. The van der Waals surface area contributed by atoms with E-state index in [1.807, 2.05) is 27.7 Å². The number of rotatable bonds is 12. The van der Waals surface area contributed by atoms with Crippen molar-refractivity contribution in [1.29, 1.82) is 0 Å². The van der Waals surface area contributed by atoms with Gasteiger partial charge in [0, 0.05) is 13.0 Å². The summed E-state index contributed by atoms with van der Waals surface area (Å²) in [6.45, 7) is 9.97. The second-order valence-electron chi connectivity index (χ2n) is 7.29. The van der Waals surface area contributed by atoms with Crippen molar-refractivity contribution in [3.63, 3.8) is 0 Å². The molecule has 1 rings (SSSR count). The lowest BCUT2D eigenvalue weighted by molar-refractivity contribution is -0.396. The van der Waals surface area contributed by atoms with Gasteiger partial charge in [-0.2, -0.15) is 5.48 Å². The fraction of sp³-hybridized carbons (Fsp3) is 0.688. The third-order valence-corrected chi connectivity index (χ3v) is 4.44. The average Bonchev–Trinajstić information content (AvgIpc) is 3.09. The molecule has 1 aromatic heterocycles. The summed E-state index contributed by atoms with van der Waals surface area (Å²) < 4.78 is 1.39.